The number of carbonyl (C=O) groups is 1. The maximum atomic E-state index is 10.6. The number of anilines is 1. The van der Waals surface area contributed by atoms with Crippen LogP contribution in [0.1, 0.15) is 63.6 Å². The lowest BCUT2D eigenvalue weighted by atomic mass is 9.99. The molecule has 2 aromatic rings. The molecule has 0 radical (unpaired) electrons. The van der Waals surface area contributed by atoms with E-state index in [4.69, 9.17) is 0 Å². The molecule has 2 saturated heterocycles. The lowest BCUT2D eigenvalue weighted by Crippen LogP contribution is -2.33. The number of amides is 1. The monoisotopic (exact) mass is 512 g/mol. The quantitative estimate of drug-likeness (QED) is 0.353. The minimum absolute atomic E-state index is 0.446. The molecule has 2 fully saturated rings. The Morgan fingerprint density at radius 1 is 1.11 bits per heavy atom. The van der Waals surface area contributed by atoms with Crippen molar-refractivity contribution >= 4 is 20.8 Å². The Balaban J connectivity index is 0.000000239. The highest BCUT2D eigenvalue weighted by atomic mass is 31.1. The lowest BCUT2D eigenvalue weighted by molar-refractivity contribution is -0.119. The number of aromatic nitrogens is 3. The van der Waals surface area contributed by atoms with Gasteiger partial charge in [-0.15, -0.1) is 8.58 Å². The molecule has 0 aromatic carbocycles. The number of pyridine rings is 1. The third-order valence-electron chi connectivity index (χ3n) is 6.41. The van der Waals surface area contributed by atoms with Gasteiger partial charge >= 0.3 is 0 Å². The molecule has 8 heteroatoms. The fourth-order valence-electron chi connectivity index (χ4n) is 4.25. The van der Waals surface area contributed by atoms with Gasteiger partial charge < -0.3 is 15.1 Å². The summed E-state index contributed by atoms with van der Waals surface area (Å²) in [5.41, 5.74) is 2.24. The third-order valence-corrected chi connectivity index (χ3v) is 6.94. The molecule has 198 valence electrons. The summed E-state index contributed by atoms with van der Waals surface area (Å²) in [6.07, 6.45) is 12.4. The van der Waals surface area contributed by atoms with Crippen LogP contribution in [0.5, 0.6) is 0 Å². The van der Waals surface area contributed by atoms with Crippen LogP contribution in [-0.2, 0) is 11.3 Å². The zero-order valence-corrected chi connectivity index (χ0v) is 23.8. The molecular formula is C28H45N6OP. The predicted octanol–water partition coefficient (Wildman–Crippen LogP) is 4.40. The van der Waals surface area contributed by atoms with E-state index < -0.39 is 0 Å². The van der Waals surface area contributed by atoms with Crippen molar-refractivity contribution in [2.75, 3.05) is 51.0 Å². The molecule has 1 atom stereocenters. The second kappa shape index (κ2) is 17.1. The van der Waals surface area contributed by atoms with Gasteiger partial charge in [0, 0.05) is 62.4 Å². The number of rotatable bonds is 6. The number of nitrogens with one attached hydrogen (secondary N) is 1. The van der Waals surface area contributed by atoms with Crippen LogP contribution >= 0.6 is 8.58 Å². The van der Waals surface area contributed by atoms with Crippen molar-refractivity contribution in [3.05, 3.63) is 41.9 Å². The van der Waals surface area contributed by atoms with Gasteiger partial charge in [-0.1, -0.05) is 32.6 Å². The summed E-state index contributed by atoms with van der Waals surface area (Å²) in [5.74, 6) is 8.29. The molecule has 2 aliphatic heterocycles. The van der Waals surface area contributed by atoms with Gasteiger partial charge in [0.1, 0.15) is 5.82 Å². The normalized spacial score (nSPS) is 16.5. The van der Waals surface area contributed by atoms with Gasteiger partial charge in [0.15, 0.2) is 0 Å². The smallest absolute Gasteiger partial charge is 0.209 e. The Labute approximate surface area is 220 Å². The van der Waals surface area contributed by atoms with Gasteiger partial charge in [0.25, 0.3) is 0 Å². The molecule has 0 spiro atoms. The zero-order valence-electron chi connectivity index (χ0n) is 22.8. The van der Waals surface area contributed by atoms with Crippen LogP contribution in [0, 0.1) is 17.8 Å². The van der Waals surface area contributed by atoms with E-state index in [0.717, 1.165) is 84.0 Å². The summed E-state index contributed by atoms with van der Waals surface area (Å²) >= 11 is 0. The summed E-state index contributed by atoms with van der Waals surface area (Å²) in [7, 11) is 2.84. The summed E-state index contributed by atoms with van der Waals surface area (Å²) in [4.78, 5) is 19.3. The van der Waals surface area contributed by atoms with Gasteiger partial charge in [-0.25, -0.2) is 4.98 Å². The average Bonchev–Trinajstić information content (AvgIpc) is 3.40. The number of nitrogens with zero attached hydrogens (tertiary/aromatic N) is 5. The van der Waals surface area contributed by atoms with Gasteiger partial charge in [0.2, 0.25) is 6.41 Å². The van der Waals surface area contributed by atoms with Crippen LogP contribution in [0.4, 0.5) is 5.82 Å². The molecule has 7 nitrogen and oxygen atoms in total. The summed E-state index contributed by atoms with van der Waals surface area (Å²) in [6, 6.07) is 4.64. The SMILES string of the molecule is CC.CNCc1cnn(C2CCN(C=O)CC2)c1.CPCC#Cc1ccc(N2CCC(C)CC2)nc1. The van der Waals surface area contributed by atoms with Crippen LogP contribution < -0.4 is 10.2 Å². The van der Waals surface area contributed by atoms with Crippen LogP contribution in [0.15, 0.2) is 30.7 Å². The maximum Gasteiger partial charge on any atom is 0.209 e. The highest BCUT2D eigenvalue weighted by Crippen LogP contribution is 2.22. The summed E-state index contributed by atoms with van der Waals surface area (Å²) in [5, 5.41) is 7.49. The van der Waals surface area contributed by atoms with Crippen molar-refractivity contribution in [3.63, 3.8) is 0 Å². The van der Waals surface area contributed by atoms with Crippen LogP contribution in [0.3, 0.4) is 0 Å². The van der Waals surface area contributed by atoms with E-state index in [0.29, 0.717) is 6.04 Å². The van der Waals surface area contributed by atoms with E-state index >= 15 is 0 Å². The highest BCUT2D eigenvalue weighted by molar-refractivity contribution is 7.37. The predicted molar refractivity (Wildman–Crippen MR) is 153 cm³/mol. The molecule has 4 rings (SSSR count). The first-order valence-electron chi connectivity index (χ1n) is 13.3. The van der Waals surface area contributed by atoms with Crippen molar-refractivity contribution in [3.8, 4) is 11.8 Å². The van der Waals surface area contributed by atoms with E-state index in [2.05, 4.69) is 64.1 Å². The van der Waals surface area contributed by atoms with Gasteiger partial charge in [0.05, 0.1) is 12.2 Å². The Hall–Kier alpha value is -2.42. The lowest BCUT2D eigenvalue weighted by Gasteiger charge is -2.31. The minimum atomic E-state index is 0.446. The second-order valence-corrected chi connectivity index (χ2v) is 10.2. The molecule has 0 aliphatic carbocycles. The Morgan fingerprint density at radius 3 is 2.42 bits per heavy atom. The van der Waals surface area contributed by atoms with Gasteiger partial charge in [-0.05, 0) is 57.4 Å². The first kappa shape index (κ1) is 29.8. The Morgan fingerprint density at radius 2 is 1.83 bits per heavy atom. The van der Waals surface area contributed by atoms with E-state index in [-0.39, 0.29) is 0 Å². The molecular weight excluding hydrogens is 467 g/mol. The molecule has 36 heavy (non-hydrogen) atoms. The third kappa shape index (κ3) is 9.91. The molecule has 2 aliphatic rings. The molecule has 0 bridgehead atoms. The Kier molecular flexibility index (Phi) is 14.2. The van der Waals surface area contributed by atoms with Gasteiger partial charge in [-0.2, -0.15) is 5.10 Å². The van der Waals surface area contributed by atoms with Crippen molar-refractivity contribution in [2.24, 2.45) is 5.92 Å². The van der Waals surface area contributed by atoms with E-state index in [1.165, 1.54) is 18.4 Å². The van der Waals surface area contributed by atoms with Crippen LogP contribution in [0.2, 0.25) is 0 Å². The largest absolute Gasteiger partial charge is 0.357 e. The minimum Gasteiger partial charge on any atom is -0.357 e. The van der Waals surface area contributed by atoms with Crippen molar-refractivity contribution in [2.45, 2.75) is 59.0 Å². The van der Waals surface area contributed by atoms with Gasteiger partial charge in [-0.3, -0.25) is 9.48 Å². The molecule has 2 aromatic heterocycles. The molecule has 4 heterocycles. The van der Waals surface area contributed by atoms with E-state index in [9.17, 15) is 4.79 Å². The molecule has 0 saturated carbocycles. The fraction of sp³-hybridized carbons (Fsp3) is 0.607. The summed E-state index contributed by atoms with van der Waals surface area (Å²) < 4.78 is 2.04. The zero-order chi connectivity index (χ0) is 26.2. The van der Waals surface area contributed by atoms with E-state index in [1.54, 1.807) is 0 Å². The first-order valence-corrected chi connectivity index (χ1v) is 15.0. The van der Waals surface area contributed by atoms with Crippen molar-refractivity contribution in [1.82, 2.24) is 25.0 Å². The number of carbonyl (C=O) groups excluding carboxylic acids is 1. The second-order valence-electron chi connectivity index (χ2n) is 9.14. The summed E-state index contributed by atoms with van der Waals surface area (Å²) in [6.45, 7) is 13.3. The fourth-order valence-corrected chi connectivity index (χ4v) is 4.51. The number of piperidine rings is 2. The average molecular weight is 513 g/mol. The number of hydrogen-bond acceptors (Lipinski definition) is 5. The van der Waals surface area contributed by atoms with Crippen molar-refractivity contribution < 1.29 is 4.79 Å². The Bertz CT molecular complexity index is 920. The molecule has 1 amide bonds. The molecule has 1 N–H and O–H groups in total. The number of likely N-dealkylation sites (tertiary alicyclic amines) is 1. The standard InChI is InChI=1S/C15H21N2P.C11H18N4O.C2H6/c1-13-7-9-17(10-8-13)15-6-5-14(12-16-15)4-3-11-18-2;1-12-6-10-7-13-15(8-10)11-2-4-14(9-16)5-3-11;1-2/h5-6,12-13,18H,7-11H2,1-2H3;7-9,11-12H,2-6H2,1H3;1-2H3. The number of hydrogen-bond donors (Lipinski definition) is 1. The van der Waals surface area contributed by atoms with Crippen molar-refractivity contribution in [1.29, 1.82) is 0 Å². The highest BCUT2D eigenvalue weighted by Gasteiger charge is 2.20. The van der Waals surface area contributed by atoms with Crippen LogP contribution in [-0.4, -0.2) is 72.1 Å². The maximum absolute atomic E-state index is 10.6. The molecule has 1 unspecified atom stereocenters. The van der Waals surface area contributed by atoms with Crippen LogP contribution in [0.25, 0.3) is 0 Å². The van der Waals surface area contributed by atoms with E-state index in [1.807, 2.05) is 42.9 Å². The topological polar surface area (TPSA) is 66.3 Å². The first-order chi connectivity index (χ1) is 17.6.